The predicted octanol–water partition coefficient (Wildman–Crippen LogP) is 4.74. The van der Waals surface area contributed by atoms with Crippen molar-refractivity contribution in [2.45, 2.75) is 5.22 Å². The van der Waals surface area contributed by atoms with Gasteiger partial charge in [-0.1, -0.05) is 35.5 Å². The molecule has 140 valence electrons. The highest BCUT2D eigenvalue weighted by atomic mass is 35.5. The van der Waals surface area contributed by atoms with E-state index in [4.69, 9.17) is 25.5 Å². The zero-order chi connectivity index (χ0) is 19.2. The lowest BCUT2D eigenvalue weighted by Gasteiger charge is -2.11. The molecule has 0 aliphatic heterocycles. The van der Waals surface area contributed by atoms with E-state index in [0.717, 1.165) is 5.56 Å². The zero-order valence-corrected chi connectivity index (χ0v) is 16.3. The number of carbonyl (C=O) groups is 1. The standard InChI is InChI=1S/C19H17ClN2O4S/c1-24-14-6-7-16(25-2)15(9-14)22-18(23)11-27-19-21-10-17(26-19)12-4-3-5-13(20)8-12/h3-10H,11H2,1-2H3,(H,22,23). The summed E-state index contributed by atoms with van der Waals surface area (Å²) in [5.74, 6) is 1.69. The Balaban J connectivity index is 1.62. The molecule has 1 amide bonds. The van der Waals surface area contributed by atoms with Gasteiger partial charge in [-0.2, -0.15) is 0 Å². The quantitative estimate of drug-likeness (QED) is 0.573. The molecular formula is C19H17ClN2O4S. The normalized spacial score (nSPS) is 10.5. The van der Waals surface area contributed by atoms with Gasteiger partial charge in [0.15, 0.2) is 5.76 Å². The minimum absolute atomic E-state index is 0.135. The monoisotopic (exact) mass is 404 g/mol. The summed E-state index contributed by atoms with van der Waals surface area (Å²) in [5.41, 5.74) is 1.36. The van der Waals surface area contributed by atoms with Crippen LogP contribution in [0.15, 0.2) is 58.3 Å². The van der Waals surface area contributed by atoms with Crippen LogP contribution in [0.4, 0.5) is 5.69 Å². The first-order valence-electron chi connectivity index (χ1n) is 7.95. The van der Waals surface area contributed by atoms with Crippen LogP contribution in [0.25, 0.3) is 11.3 Å². The van der Waals surface area contributed by atoms with E-state index in [1.165, 1.54) is 18.9 Å². The molecule has 0 saturated heterocycles. The summed E-state index contributed by atoms with van der Waals surface area (Å²) in [6, 6.07) is 12.5. The van der Waals surface area contributed by atoms with E-state index < -0.39 is 0 Å². The van der Waals surface area contributed by atoms with Crippen molar-refractivity contribution in [2.75, 3.05) is 25.3 Å². The molecule has 1 heterocycles. The van der Waals surface area contributed by atoms with Gasteiger partial charge in [-0.15, -0.1) is 0 Å². The van der Waals surface area contributed by atoms with Crippen molar-refractivity contribution in [1.29, 1.82) is 0 Å². The van der Waals surface area contributed by atoms with Gasteiger partial charge in [-0.3, -0.25) is 4.79 Å². The molecule has 0 bridgehead atoms. The fraction of sp³-hybridized carbons (Fsp3) is 0.158. The third-order valence-corrected chi connectivity index (χ3v) is 4.68. The van der Waals surface area contributed by atoms with Crippen LogP contribution in [0.1, 0.15) is 0 Å². The van der Waals surface area contributed by atoms with E-state index in [0.29, 0.717) is 33.2 Å². The van der Waals surface area contributed by atoms with Crippen molar-refractivity contribution in [3.8, 4) is 22.8 Å². The van der Waals surface area contributed by atoms with Crippen LogP contribution in [0.5, 0.6) is 11.5 Å². The van der Waals surface area contributed by atoms with Crippen LogP contribution in [0.2, 0.25) is 5.02 Å². The molecule has 0 atom stereocenters. The highest BCUT2D eigenvalue weighted by molar-refractivity contribution is 7.99. The van der Waals surface area contributed by atoms with Gasteiger partial charge in [-0.05, 0) is 24.3 Å². The van der Waals surface area contributed by atoms with E-state index in [-0.39, 0.29) is 11.7 Å². The van der Waals surface area contributed by atoms with Crippen molar-refractivity contribution < 1.29 is 18.7 Å². The summed E-state index contributed by atoms with van der Waals surface area (Å²) >= 11 is 7.18. The fourth-order valence-electron chi connectivity index (χ4n) is 2.33. The minimum atomic E-state index is -0.214. The number of hydrogen-bond acceptors (Lipinski definition) is 6. The van der Waals surface area contributed by atoms with Crippen molar-refractivity contribution in [1.82, 2.24) is 4.98 Å². The van der Waals surface area contributed by atoms with E-state index in [1.807, 2.05) is 12.1 Å². The minimum Gasteiger partial charge on any atom is -0.497 e. The lowest BCUT2D eigenvalue weighted by molar-refractivity contribution is -0.113. The summed E-state index contributed by atoms with van der Waals surface area (Å²) in [6.45, 7) is 0. The van der Waals surface area contributed by atoms with Crippen LogP contribution in [0, 0.1) is 0 Å². The molecule has 8 heteroatoms. The molecular weight excluding hydrogens is 388 g/mol. The van der Waals surface area contributed by atoms with Crippen LogP contribution in [-0.4, -0.2) is 30.9 Å². The van der Waals surface area contributed by atoms with Crippen molar-refractivity contribution in [3.63, 3.8) is 0 Å². The second kappa shape index (κ2) is 8.83. The number of aromatic nitrogens is 1. The van der Waals surface area contributed by atoms with Gasteiger partial charge in [0.05, 0.1) is 31.9 Å². The van der Waals surface area contributed by atoms with Crippen LogP contribution in [-0.2, 0) is 4.79 Å². The SMILES string of the molecule is COc1ccc(OC)c(NC(=O)CSc2ncc(-c3cccc(Cl)c3)o2)c1. The van der Waals surface area contributed by atoms with Gasteiger partial charge < -0.3 is 19.2 Å². The fourth-order valence-corrected chi connectivity index (χ4v) is 3.12. The van der Waals surface area contributed by atoms with Gasteiger partial charge in [-0.25, -0.2) is 4.98 Å². The van der Waals surface area contributed by atoms with Gasteiger partial charge >= 0.3 is 0 Å². The number of nitrogens with one attached hydrogen (secondary N) is 1. The molecule has 0 unspecified atom stereocenters. The average Bonchev–Trinajstić information content (AvgIpc) is 3.15. The first-order chi connectivity index (χ1) is 13.1. The number of rotatable bonds is 7. The number of carbonyl (C=O) groups excluding carboxylic acids is 1. The summed E-state index contributed by atoms with van der Waals surface area (Å²) < 4.78 is 16.1. The Morgan fingerprint density at radius 1 is 1.22 bits per heavy atom. The van der Waals surface area contributed by atoms with Gasteiger partial charge in [0.2, 0.25) is 5.91 Å². The molecule has 3 rings (SSSR count). The Kier molecular flexibility index (Phi) is 6.26. The lowest BCUT2D eigenvalue weighted by atomic mass is 10.2. The van der Waals surface area contributed by atoms with E-state index >= 15 is 0 Å². The summed E-state index contributed by atoms with van der Waals surface area (Å²) in [7, 11) is 3.10. The third-order valence-electron chi connectivity index (χ3n) is 3.60. The number of benzene rings is 2. The smallest absolute Gasteiger partial charge is 0.256 e. The molecule has 3 aromatic rings. The summed E-state index contributed by atoms with van der Waals surface area (Å²) in [5, 5.41) is 3.82. The molecule has 2 aromatic carbocycles. The third kappa shape index (κ3) is 4.96. The maximum Gasteiger partial charge on any atom is 0.256 e. The number of ether oxygens (including phenoxy) is 2. The molecule has 6 nitrogen and oxygen atoms in total. The summed E-state index contributed by atoms with van der Waals surface area (Å²) in [6.07, 6.45) is 1.61. The number of oxazole rings is 1. The van der Waals surface area contributed by atoms with E-state index in [2.05, 4.69) is 10.3 Å². The van der Waals surface area contributed by atoms with E-state index in [1.54, 1.807) is 43.6 Å². The van der Waals surface area contributed by atoms with Gasteiger partial charge in [0, 0.05) is 16.7 Å². The topological polar surface area (TPSA) is 73.6 Å². The molecule has 1 aromatic heterocycles. The molecule has 0 aliphatic carbocycles. The first-order valence-corrected chi connectivity index (χ1v) is 9.32. The maximum atomic E-state index is 12.3. The summed E-state index contributed by atoms with van der Waals surface area (Å²) in [4.78, 5) is 16.5. The maximum absolute atomic E-state index is 12.3. The Labute approximate surface area is 165 Å². The van der Waals surface area contributed by atoms with Gasteiger partial charge in [0.25, 0.3) is 5.22 Å². The molecule has 0 fully saturated rings. The second-order valence-corrected chi connectivity index (χ2v) is 6.77. The largest absolute Gasteiger partial charge is 0.497 e. The predicted molar refractivity (Wildman–Crippen MR) is 106 cm³/mol. The number of anilines is 1. The molecule has 0 spiro atoms. The zero-order valence-electron chi connectivity index (χ0n) is 14.7. The molecule has 0 radical (unpaired) electrons. The number of amides is 1. The van der Waals surface area contributed by atoms with Crippen molar-refractivity contribution in [3.05, 3.63) is 53.7 Å². The highest BCUT2D eigenvalue weighted by Crippen LogP contribution is 2.30. The Bertz CT molecular complexity index is 945. The number of nitrogens with zero attached hydrogens (tertiary/aromatic N) is 1. The Morgan fingerprint density at radius 3 is 2.81 bits per heavy atom. The Hall–Kier alpha value is -2.64. The highest BCUT2D eigenvalue weighted by Gasteiger charge is 2.12. The number of methoxy groups -OCH3 is 2. The van der Waals surface area contributed by atoms with Crippen LogP contribution in [0.3, 0.4) is 0 Å². The van der Waals surface area contributed by atoms with Crippen LogP contribution < -0.4 is 14.8 Å². The average molecular weight is 405 g/mol. The molecule has 0 saturated carbocycles. The van der Waals surface area contributed by atoms with Gasteiger partial charge in [0.1, 0.15) is 11.5 Å². The van der Waals surface area contributed by atoms with Crippen LogP contribution >= 0.6 is 23.4 Å². The number of hydrogen-bond donors (Lipinski definition) is 1. The number of thioether (sulfide) groups is 1. The second-order valence-electron chi connectivity index (χ2n) is 5.40. The van der Waals surface area contributed by atoms with E-state index in [9.17, 15) is 4.79 Å². The molecule has 1 N–H and O–H groups in total. The molecule has 0 aliphatic rings. The molecule has 27 heavy (non-hydrogen) atoms. The van der Waals surface area contributed by atoms with Crippen molar-refractivity contribution >= 4 is 35.0 Å². The van der Waals surface area contributed by atoms with Crippen molar-refractivity contribution in [2.24, 2.45) is 0 Å². The number of halogens is 1. The first kappa shape index (κ1) is 19.1. The lowest BCUT2D eigenvalue weighted by Crippen LogP contribution is -2.14. The Morgan fingerprint density at radius 2 is 2.07 bits per heavy atom.